The molecular weight excluding hydrogens is 589 g/mol. The second kappa shape index (κ2) is 11.5. The van der Waals surface area contributed by atoms with Gasteiger partial charge in [0.05, 0.1) is 11.4 Å². The number of thiophene rings is 1. The fourth-order valence-electron chi connectivity index (χ4n) is 6.59. The number of aromatic nitrogens is 2. The lowest BCUT2D eigenvalue weighted by Crippen LogP contribution is -1.96. The van der Waals surface area contributed by atoms with Gasteiger partial charge >= 0.3 is 0 Å². The van der Waals surface area contributed by atoms with Gasteiger partial charge in [-0.3, -0.25) is 0 Å². The van der Waals surface area contributed by atoms with Crippen LogP contribution in [0.1, 0.15) is 0 Å². The highest BCUT2D eigenvalue weighted by atomic mass is 32.1. The van der Waals surface area contributed by atoms with Gasteiger partial charge in [0.2, 0.25) is 0 Å². The predicted molar refractivity (Wildman–Crippen MR) is 200 cm³/mol. The molecule has 7 aromatic carbocycles. The summed E-state index contributed by atoms with van der Waals surface area (Å²) in [5, 5.41) is 5.16. The van der Waals surface area contributed by atoms with E-state index in [9.17, 15) is 0 Å². The van der Waals surface area contributed by atoms with Crippen LogP contribution in [0.2, 0.25) is 0 Å². The zero-order valence-electron chi connectivity index (χ0n) is 25.5. The number of nitrogens with zero attached hydrogens (tertiary/aromatic N) is 2. The Kier molecular flexibility index (Phi) is 6.69. The highest BCUT2D eigenvalue weighted by molar-refractivity contribution is 7.26. The molecule has 2 nitrogen and oxygen atoms in total. The summed E-state index contributed by atoms with van der Waals surface area (Å²) in [5.41, 5.74) is 9.64. The van der Waals surface area contributed by atoms with E-state index in [0.29, 0.717) is 5.82 Å². The van der Waals surface area contributed by atoms with Gasteiger partial charge in [-0.25, -0.2) is 9.97 Å². The number of benzene rings is 7. The van der Waals surface area contributed by atoms with Crippen molar-refractivity contribution >= 4 is 42.3 Å². The van der Waals surface area contributed by atoms with Crippen LogP contribution in [0.5, 0.6) is 0 Å². The van der Waals surface area contributed by atoms with Gasteiger partial charge in [-0.2, -0.15) is 0 Å². The summed E-state index contributed by atoms with van der Waals surface area (Å²) in [7, 11) is 0. The molecule has 2 aromatic heterocycles. The minimum absolute atomic E-state index is 0.714. The molecule has 0 saturated carbocycles. The van der Waals surface area contributed by atoms with E-state index in [-0.39, 0.29) is 0 Å². The van der Waals surface area contributed by atoms with Crippen molar-refractivity contribution in [2.24, 2.45) is 0 Å². The topological polar surface area (TPSA) is 25.8 Å². The Labute approximate surface area is 277 Å². The van der Waals surface area contributed by atoms with E-state index < -0.39 is 0 Å². The van der Waals surface area contributed by atoms with Crippen molar-refractivity contribution in [3.05, 3.63) is 170 Å². The minimum atomic E-state index is 0.714. The summed E-state index contributed by atoms with van der Waals surface area (Å²) in [5.74, 6) is 0.714. The quantitative estimate of drug-likeness (QED) is 0.192. The monoisotopic (exact) mass is 616 g/mol. The van der Waals surface area contributed by atoms with Crippen LogP contribution in [0.4, 0.5) is 0 Å². The summed E-state index contributed by atoms with van der Waals surface area (Å²) in [6, 6.07) is 60.2. The molecule has 9 aromatic rings. The summed E-state index contributed by atoms with van der Waals surface area (Å²) < 4.78 is 2.61. The van der Waals surface area contributed by atoms with Gasteiger partial charge in [0.1, 0.15) is 0 Å². The molecule has 3 heteroatoms. The molecule has 220 valence electrons. The van der Waals surface area contributed by atoms with E-state index in [1.807, 2.05) is 35.6 Å². The third-order valence-electron chi connectivity index (χ3n) is 8.84. The average molecular weight is 617 g/mol. The first-order valence-electron chi connectivity index (χ1n) is 15.8. The lowest BCUT2D eigenvalue weighted by Gasteiger charge is -2.14. The molecular formula is C44H28N2S. The normalized spacial score (nSPS) is 11.4. The molecule has 0 spiro atoms. The Morgan fingerprint density at radius 1 is 0.383 bits per heavy atom. The van der Waals surface area contributed by atoms with Crippen LogP contribution >= 0.6 is 11.3 Å². The predicted octanol–water partition coefficient (Wildman–Crippen LogP) is 12.3. The van der Waals surface area contributed by atoms with E-state index in [4.69, 9.17) is 9.97 Å². The summed E-state index contributed by atoms with van der Waals surface area (Å²) in [6.07, 6.45) is 0. The van der Waals surface area contributed by atoms with Crippen LogP contribution in [0, 0.1) is 0 Å². The van der Waals surface area contributed by atoms with E-state index in [1.165, 1.54) is 47.6 Å². The standard InChI is InChI=1S/C44H28N2S/c1-4-14-29(15-5-1)33-24-34(38-27-32-20-10-11-21-36(32)42-37-22-12-13-23-41(37)47-43(38)42)26-35(25-33)40-28-39(30-16-6-2-7-17-30)45-44(46-40)31-18-8-3-9-19-31/h1-28H. The van der Waals surface area contributed by atoms with Crippen LogP contribution in [-0.4, -0.2) is 9.97 Å². The maximum atomic E-state index is 5.21. The van der Waals surface area contributed by atoms with Crippen molar-refractivity contribution in [3.63, 3.8) is 0 Å². The van der Waals surface area contributed by atoms with E-state index in [1.54, 1.807) is 0 Å². The van der Waals surface area contributed by atoms with Crippen molar-refractivity contribution in [2.45, 2.75) is 0 Å². The number of fused-ring (bicyclic) bond motifs is 5. The van der Waals surface area contributed by atoms with Crippen LogP contribution in [-0.2, 0) is 0 Å². The molecule has 0 aliphatic heterocycles. The molecule has 0 fully saturated rings. The summed E-state index contributed by atoms with van der Waals surface area (Å²) in [4.78, 5) is 10.3. The zero-order valence-corrected chi connectivity index (χ0v) is 26.3. The average Bonchev–Trinajstić information content (AvgIpc) is 3.55. The lowest BCUT2D eigenvalue weighted by molar-refractivity contribution is 1.18. The summed E-state index contributed by atoms with van der Waals surface area (Å²) in [6.45, 7) is 0. The fourth-order valence-corrected chi connectivity index (χ4v) is 7.84. The van der Waals surface area contributed by atoms with Gasteiger partial charge in [0.15, 0.2) is 5.82 Å². The molecule has 9 rings (SSSR count). The van der Waals surface area contributed by atoms with Crippen LogP contribution < -0.4 is 0 Å². The van der Waals surface area contributed by atoms with Gasteiger partial charge in [0.25, 0.3) is 0 Å². The van der Waals surface area contributed by atoms with Crippen LogP contribution in [0.3, 0.4) is 0 Å². The number of rotatable bonds is 5. The van der Waals surface area contributed by atoms with Gasteiger partial charge < -0.3 is 0 Å². The molecule has 2 heterocycles. The minimum Gasteiger partial charge on any atom is -0.228 e. The maximum Gasteiger partial charge on any atom is 0.160 e. The first kappa shape index (κ1) is 27.4. The molecule has 47 heavy (non-hydrogen) atoms. The first-order valence-corrected chi connectivity index (χ1v) is 16.6. The number of hydrogen-bond donors (Lipinski definition) is 0. The van der Waals surface area contributed by atoms with Crippen LogP contribution in [0.25, 0.3) is 87.1 Å². The molecule has 0 bridgehead atoms. The second-order valence-electron chi connectivity index (χ2n) is 11.8. The van der Waals surface area contributed by atoms with Crippen molar-refractivity contribution < 1.29 is 0 Å². The summed E-state index contributed by atoms with van der Waals surface area (Å²) >= 11 is 1.88. The highest BCUT2D eigenvalue weighted by Gasteiger charge is 2.17. The third-order valence-corrected chi connectivity index (χ3v) is 10.0. The molecule has 0 amide bonds. The fraction of sp³-hybridized carbons (Fsp3) is 0. The Morgan fingerprint density at radius 3 is 1.68 bits per heavy atom. The molecule has 0 N–H and O–H groups in total. The van der Waals surface area contributed by atoms with Crippen LogP contribution in [0.15, 0.2) is 170 Å². The Hall–Kier alpha value is -5.90. The van der Waals surface area contributed by atoms with Crippen molar-refractivity contribution in [2.75, 3.05) is 0 Å². The van der Waals surface area contributed by atoms with Gasteiger partial charge in [-0.15, -0.1) is 11.3 Å². The molecule has 0 aliphatic carbocycles. The molecule has 0 radical (unpaired) electrons. The van der Waals surface area contributed by atoms with Crippen molar-refractivity contribution in [1.82, 2.24) is 9.97 Å². The van der Waals surface area contributed by atoms with Crippen molar-refractivity contribution in [3.8, 4) is 56.2 Å². The third kappa shape index (κ3) is 4.98. The van der Waals surface area contributed by atoms with Gasteiger partial charge in [0, 0.05) is 42.4 Å². The molecule has 0 unspecified atom stereocenters. The van der Waals surface area contributed by atoms with E-state index >= 15 is 0 Å². The Balaban J connectivity index is 1.34. The zero-order chi connectivity index (χ0) is 31.2. The van der Waals surface area contributed by atoms with Gasteiger partial charge in [-0.1, -0.05) is 133 Å². The van der Waals surface area contributed by atoms with E-state index in [0.717, 1.165) is 33.6 Å². The highest BCUT2D eigenvalue weighted by Crippen LogP contribution is 2.45. The largest absolute Gasteiger partial charge is 0.228 e. The molecule has 0 atom stereocenters. The Morgan fingerprint density at radius 2 is 0.936 bits per heavy atom. The molecule has 0 saturated heterocycles. The molecule has 0 aliphatic rings. The number of hydrogen-bond acceptors (Lipinski definition) is 3. The Bertz CT molecular complexity index is 2500. The van der Waals surface area contributed by atoms with Gasteiger partial charge in [-0.05, 0) is 63.9 Å². The van der Waals surface area contributed by atoms with Crippen molar-refractivity contribution in [1.29, 1.82) is 0 Å². The lowest BCUT2D eigenvalue weighted by atomic mass is 9.92. The second-order valence-corrected chi connectivity index (χ2v) is 12.9. The smallest absolute Gasteiger partial charge is 0.160 e. The van der Waals surface area contributed by atoms with E-state index in [2.05, 4.69) is 146 Å². The SMILES string of the molecule is c1ccc(-c2cc(-c3cc(-c4ccccc4)nc(-c4ccccc4)n3)cc(-c3cc4ccccc4c4c3sc3ccccc34)c2)cc1. The first-order chi connectivity index (χ1) is 23.3. The maximum absolute atomic E-state index is 5.21.